The van der Waals surface area contributed by atoms with Gasteiger partial charge in [0, 0.05) is 30.7 Å². The third-order valence-corrected chi connectivity index (χ3v) is 6.86. The van der Waals surface area contributed by atoms with E-state index in [0.29, 0.717) is 6.54 Å². The van der Waals surface area contributed by atoms with Gasteiger partial charge >= 0.3 is 6.18 Å². The summed E-state index contributed by atoms with van der Waals surface area (Å²) < 4.78 is 54.6. The van der Waals surface area contributed by atoms with Gasteiger partial charge in [-0.15, -0.1) is 0 Å². The van der Waals surface area contributed by atoms with E-state index in [1.54, 1.807) is 0 Å². The lowest BCUT2D eigenvalue weighted by atomic mass is 10.0. The summed E-state index contributed by atoms with van der Waals surface area (Å²) in [6.07, 6.45) is -3.77. The Labute approximate surface area is 206 Å². The predicted molar refractivity (Wildman–Crippen MR) is 133 cm³/mol. The molecule has 1 aliphatic rings. The van der Waals surface area contributed by atoms with Crippen molar-refractivity contribution >= 4 is 22.6 Å². The van der Waals surface area contributed by atoms with Gasteiger partial charge in [0.05, 0.1) is 10.5 Å². The highest BCUT2D eigenvalue weighted by molar-refractivity contribution is 7.83. The van der Waals surface area contributed by atoms with Gasteiger partial charge in [0.1, 0.15) is 11.0 Å². The van der Waals surface area contributed by atoms with E-state index in [2.05, 4.69) is 46.0 Å². The van der Waals surface area contributed by atoms with Crippen molar-refractivity contribution in [3.63, 3.8) is 0 Å². The number of hydrogen-bond donors (Lipinski definition) is 1. The van der Waals surface area contributed by atoms with Crippen LogP contribution in [0.3, 0.4) is 0 Å². The molecule has 1 N–H and O–H groups in total. The van der Waals surface area contributed by atoms with Crippen molar-refractivity contribution in [3.8, 4) is 11.1 Å². The normalized spacial score (nSPS) is 17.2. The average Bonchev–Trinajstić information content (AvgIpc) is 3.27. The fraction of sp³-hybridized carbons (Fsp3) is 0.308. The van der Waals surface area contributed by atoms with Crippen LogP contribution in [0.1, 0.15) is 31.4 Å². The number of likely N-dealkylation sites (tertiary alicyclic amines) is 1. The van der Waals surface area contributed by atoms with Gasteiger partial charge in [-0.25, -0.2) is 8.93 Å². The summed E-state index contributed by atoms with van der Waals surface area (Å²) in [7, 11) is -1.78. The van der Waals surface area contributed by atoms with Crippen LogP contribution in [0.2, 0.25) is 5.02 Å². The first kappa shape index (κ1) is 26.4. The Morgan fingerprint density at radius 2 is 1.65 bits per heavy atom. The summed E-state index contributed by atoms with van der Waals surface area (Å²) in [6.45, 7) is 6.24. The molecule has 0 aliphatic carbocycles. The van der Waals surface area contributed by atoms with Crippen LogP contribution in [-0.2, 0) is 23.7 Å². The molecule has 182 valence electrons. The highest BCUT2D eigenvalue weighted by atomic mass is 35.5. The molecule has 2 atom stereocenters. The maximum atomic E-state index is 13.0. The fourth-order valence-corrected chi connectivity index (χ4v) is 5.22. The first-order valence-electron chi connectivity index (χ1n) is 11.2. The Kier molecular flexibility index (Phi) is 9.31. The molecule has 34 heavy (non-hydrogen) atoms. The van der Waals surface area contributed by atoms with E-state index in [4.69, 9.17) is 11.6 Å². The molecule has 2 unspecified atom stereocenters. The van der Waals surface area contributed by atoms with E-state index in [0.717, 1.165) is 37.2 Å². The molecular weight excluding hydrogens is 481 g/mol. The molecule has 0 saturated carbocycles. The van der Waals surface area contributed by atoms with Crippen molar-refractivity contribution in [3.05, 3.63) is 88.9 Å². The summed E-state index contributed by atoms with van der Waals surface area (Å²) in [6, 6.07) is 21.5. The van der Waals surface area contributed by atoms with Crippen molar-refractivity contribution in [2.75, 3.05) is 13.1 Å². The molecule has 1 fully saturated rings. The number of halogens is 4. The molecule has 0 amide bonds. The molecule has 1 saturated heterocycles. The molecule has 1 heterocycles. The standard InChI is InChI=1S/C24H22ClF3N2OS.C2H6/c25-21-12-20(24(26,27)28)13-23(14-21)32(31)29-22-10-11-30(16-22)15-17-6-8-19(9-7-17)18-4-2-1-3-5-18;1-2/h1-9,12-14,22,29H,10-11,15-16H2;1-2H3. The molecule has 0 spiro atoms. The summed E-state index contributed by atoms with van der Waals surface area (Å²) in [5, 5.41) is -0.0861. The van der Waals surface area contributed by atoms with Crippen LogP contribution in [0.5, 0.6) is 0 Å². The second-order valence-corrected chi connectivity index (χ2v) is 9.52. The van der Waals surface area contributed by atoms with Gasteiger partial charge in [0.2, 0.25) is 0 Å². The number of benzene rings is 3. The van der Waals surface area contributed by atoms with Crippen LogP contribution in [0, 0.1) is 0 Å². The van der Waals surface area contributed by atoms with Gasteiger partial charge in [0.25, 0.3) is 0 Å². The minimum atomic E-state index is -4.54. The van der Waals surface area contributed by atoms with E-state index >= 15 is 0 Å². The predicted octanol–water partition coefficient (Wildman–Crippen LogP) is 6.94. The zero-order valence-corrected chi connectivity index (χ0v) is 20.7. The highest BCUT2D eigenvalue weighted by Crippen LogP contribution is 2.32. The zero-order valence-electron chi connectivity index (χ0n) is 19.1. The van der Waals surface area contributed by atoms with Crippen molar-refractivity contribution in [1.82, 2.24) is 9.62 Å². The van der Waals surface area contributed by atoms with Crippen molar-refractivity contribution in [1.29, 1.82) is 0 Å². The lowest BCUT2D eigenvalue weighted by Crippen LogP contribution is -2.33. The quantitative estimate of drug-likeness (QED) is 0.391. The Morgan fingerprint density at radius 3 is 2.29 bits per heavy atom. The van der Waals surface area contributed by atoms with E-state index in [9.17, 15) is 17.4 Å². The molecule has 3 aromatic rings. The smallest absolute Gasteiger partial charge is 0.297 e. The van der Waals surface area contributed by atoms with Gasteiger partial charge in [-0.2, -0.15) is 13.2 Å². The number of hydrogen-bond acceptors (Lipinski definition) is 2. The number of rotatable bonds is 6. The van der Waals surface area contributed by atoms with Crippen LogP contribution in [0.4, 0.5) is 13.2 Å². The van der Waals surface area contributed by atoms with Crippen LogP contribution in [-0.4, -0.2) is 28.2 Å². The second-order valence-electron chi connectivity index (χ2n) is 7.84. The van der Waals surface area contributed by atoms with Crippen molar-refractivity contribution < 1.29 is 17.4 Å². The van der Waals surface area contributed by atoms with Crippen molar-refractivity contribution in [2.45, 2.75) is 43.9 Å². The Hall–Kier alpha value is -2.19. The summed E-state index contributed by atoms with van der Waals surface area (Å²) >= 11 is 5.81. The van der Waals surface area contributed by atoms with Gasteiger partial charge in [0.15, 0.2) is 0 Å². The largest absolute Gasteiger partial charge is 0.416 e. The second kappa shape index (κ2) is 12.0. The Balaban J connectivity index is 0.00000158. The van der Waals surface area contributed by atoms with E-state index in [1.807, 2.05) is 32.0 Å². The van der Waals surface area contributed by atoms with Crippen LogP contribution in [0.25, 0.3) is 11.1 Å². The number of alkyl halides is 3. The average molecular weight is 509 g/mol. The maximum Gasteiger partial charge on any atom is 0.416 e. The lowest BCUT2D eigenvalue weighted by Gasteiger charge is -2.17. The van der Waals surface area contributed by atoms with E-state index in [-0.39, 0.29) is 16.0 Å². The highest BCUT2D eigenvalue weighted by Gasteiger charge is 2.32. The van der Waals surface area contributed by atoms with Gasteiger partial charge in [-0.3, -0.25) is 4.90 Å². The summed E-state index contributed by atoms with van der Waals surface area (Å²) in [5.41, 5.74) is 2.60. The SMILES string of the molecule is CC.O=S(NC1CCN(Cc2ccc(-c3ccccc3)cc2)C1)c1cc(Cl)cc(C(F)(F)F)c1. The monoisotopic (exact) mass is 508 g/mol. The third kappa shape index (κ3) is 7.15. The molecule has 3 aromatic carbocycles. The van der Waals surface area contributed by atoms with E-state index < -0.39 is 22.7 Å². The Morgan fingerprint density at radius 1 is 1.00 bits per heavy atom. The van der Waals surface area contributed by atoms with Crippen LogP contribution < -0.4 is 4.72 Å². The number of nitrogens with zero attached hydrogens (tertiary/aromatic N) is 1. The van der Waals surface area contributed by atoms with Crippen LogP contribution >= 0.6 is 11.6 Å². The topological polar surface area (TPSA) is 32.3 Å². The van der Waals surface area contributed by atoms with Crippen molar-refractivity contribution in [2.24, 2.45) is 0 Å². The minimum absolute atomic E-state index is 0.0276. The molecule has 8 heteroatoms. The van der Waals surface area contributed by atoms with Gasteiger partial charge in [-0.05, 0) is 41.3 Å². The molecule has 0 aromatic heterocycles. The summed E-state index contributed by atoms with van der Waals surface area (Å²) in [5.74, 6) is 0. The molecule has 3 nitrogen and oxygen atoms in total. The van der Waals surface area contributed by atoms with E-state index in [1.165, 1.54) is 17.2 Å². The first-order chi connectivity index (χ1) is 16.3. The molecule has 0 bridgehead atoms. The first-order valence-corrected chi connectivity index (χ1v) is 12.7. The minimum Gasteiger partial charge on any atom is -0.297 e. The molecular formula is C26H28ClF3N2OS. The third-order valence-electron chi connectivity index (χ3n) is 5.43. The van der Waals surface area contributed by atoms with Crippen LogP contribution in [0.15, 0.2) is 77.7 Å². The lowest BCUT2D eigenvalue weighted by molar-refractivity contribution is -0.137. The van der Waals surface area contributed by atoms with Gasteiger partial charge in [-0.1, -0.05) is 80.0 Å². The number of nitrogens with one attached hydrogen (secondary N) is 1. The fourth-order valence-electron chi connectivity index (χ4n) is 3.82. The Bertz CT molecular complexity index is 1090. The molecule has 4 rings (SSSR count). The molecule has 0 radical (unpaired) electrons. The van der Waals surface area contributed by atoms with Gasteiger partial charge < -0.3 is 0 Å². The maximum absolute atomic E-state index is 13.0. The molecule has 1 aliphatic heterocycles. The summed E-state index contributed by atoms with van der Waals surface area (Å²) in [4.78, 5) is 2.27. The zero-order chi connectivity index (χ0) is 24.7.